The number of benzene rings is 2. The number of nitrogens with zero attached hydrogens (tertiary/aromatic N) is 3. The topological polar surface area (TPSA) is 61.9 Å². The normalized spacial score (nSPS) is 13.9. The Balaban J connectivity index is 1.38. The summed E-state index contributed by atoms with van der Waals surface area (Å²) < 4.78 is 13.8. The fraction of sp³-hybridized carbons (Fsp3) is 0.250. The number of rotatable bonds is 5. The van der Waals surface area contributed by atoms with Crippen molar-refractivity contribution in [1.29, 1.82) is 0 Å². The Morgan fingerprint density at radius 2 is 1.85 bits per heavy atom. The first-order chi connectivity index (χ1) is 13.2. The average Bonchev–Trinajstić information content (AvgIpc) is 3.39. The first-order valence-electron chi connectivity index (χ1n) is 8.89. The van der Waals surface area contributed by atoms with Gasteiger partial charge in [0.1, 0.15) is 5.82 Å². The molecule has 0 aliphatic carbocycles. The van der Waals surface area contributed by atoms with Gasteiger partial charge in [-0.15, -0.1) is 5.10 Å². The second-order valence-corrected chi connectivity index (χ2v) is 7.37. The first kappa shape index (κ1) is 17.7. The summed E-state index contributed by atoms with van der Waals surface area (Å²) >= 11 is 1.46. The highest BCUT2D eigenvalue weighted by Gasteiger charge is 2.19. The Kier molecular flexibility index (Phi) is 5.20. The van der Waals surface area contributed by atoms with Gasteiger partial charge >= 0.3 is 0 Å². The van der Waals surface area contributed by atoms with E-state index in [0.717, 1.165) is 37.1 Å². The molecule has 2 aromatic carbocycles. The van der Waals surface area contributed by atoms with E-state index in [1.54, 1.807) is 18.2 Å². The lowest BCUT2D eigenvalue weighted by Crippen LogP contribution is -2.27. The number of carbonyl (C=O) groups excluding carboxylic acids is 1. The number of likely N-dealkylation sites (tertiary alicyclic amines) is 1. The minimum absolute atomic E-state index is 0.107. The highest BCUT2D eigenvalue weighted by Crippen LogP contribution is 2.24. The zero-order valence-corrected chi connectivity index (χ0v) is 15.5. The average molecular weight is 382 g/mol. The number of carbonyl (C=O) groups is 1. The van der Waals surface area contributed by atoms with Crippen molar-refractivity contribution < 1.29 is 9.18 Å². The summed E-state index contributed by atoms with van der Waals surface area (Å²) in [5.74, 6) is 0.869. The molecule has 0 saturated carbocycles. The molecule has 4 rings (SSSR count). The van der Waals surface area contributed by atoms with Gasteiger partial charge in [0.25, 0.3) is 5.91 Å². The minimum atomic E-state index is -0.330. The largest absolute Gasteiger partial charge is 0.339 e. The van der Waals surface area contributed by atoms with Crippen LogP contribution >= 0.6 is 11.8 Å². The molecule has 1 aliphatic heterocycles. The molecule has 3 aromatic rings. The number of hydrogen-bond donors (Lipinski definition) is 1. The summed E-state index contributed by atoms with van der Waals surface area (Å²) in [5.41, 5.74) is 2.21. The highest BCUT2D eigenvalue weighted by molar-refractivity contribution is 7.98. The second kappa shape index (κ2) is 7.92. The van der Waals surface area contributed by atoms with E-state index in [-0.39, 0.29) is 11.7 Å². The van der Waals surface area contributed by atoms with Crippen LogP contribution in [0.1, 0.15) is 28.8 Å². The third-order valence-corrected chi connectivity index (χ3v) is 5.47. The molecule has 0 unspecified atom stereocenters. The van der Waals surface area contributed by atoms with E-state index >= 15 is 0 Å². The smallest absolute Gasteiger partial charge is 0.253 e. The molecule has 1 N–H and O–H groups in total. The highest BCUT2D eigenvalue weighted by atomic mass is 32.2. The lowest BCUT2D eigenvalue weighted by atomic mass is 10.1. The lowest BCUT2D eigenvalue weighted by molar-refractivity contribution is 0.0793. The number of aromatic amines is 1. The molecule has 0 spiro atoms. The zero-order valence-electron chi connectivity index (χ0n) is 14.7. The molecule has 1 saturated heterocycles. The molecular weight excluding hydrogens is 363 g/mol. The Morgan fingerprint density at radius 1 is 1.11 bits per heavy atom. The Hall–Kier alpha value is -2.67. The van der Waals surface area contributed by atoms with Crippen LogP contribution in [0.2, 0.25) is 0 Å². The molecule has 5 nitrogen and oxygen atoms in total. The maximum atomic E-state index is 13.8. The molecule has 138 valence electrons. The van der Waals surface area contributed by atoms with Gasteiger partial charge in [-0.1, -0.05) is 36.0 Å². The van der Waals surface area contributed by atoms with Crippen molar-refractivity contribution in [2.45, 2.75) is 23.8 Å². The van der Waals surface area contributed by atoms with Crippen LogP contribution in [0.5, 0.6) is 0 Å². The van der Waals surface area contributed by atoms with Gasteiger partial charge in [0, 0.05) is 24.4 Å². The molecular formula is C20H19FN4OS. The van der Waals surface area contributed by atoms with Crippen molar-refractivity contribution in [3.8, 4) is 11.4 Å². The number of thioether (sulfide) groups is 1. The Bertz CT molecular complexity index is 935. The fourth-order valence-electron chi connectivity index (χ4n) is 3.08. The molecule has 1 amide bonds. The number of aromatic nitrogens is 3. The Morgan fingerprint density at radius 3 is 2.59 bits per heavy atom. The van der Waals surface area contributed by atoms with Gasteiger partial charge < -0.3 is 4.90 Å². The quantitative estimate of drug-likeness (QED) is 0.674. The van der Waals surface area contributed by atoms with Crippen LogP contribution < -0.4 is 0 Å². The van der Waals surface area contributed by atoms with Crippen molar-refractivity contribution in [1.82, 2.24) is 20.1 Å². The van der Waals surface area contributed by atoms with Crippen molar-refractivity contribution >= 4 is 17.7 Å². The molecule has 1 aromatic heterocycles. The molecule has 0 radical (unpaired) electrons. The maximum absolute atomic E-state index is 13.8. The van der Waals surface area contributed by atoms with Crippen LogP contribution in [0.25, 0.3) is 11.4 Å². The van der Waals surface area contributed by atoms with Gasteiger partial charge in [0.05, 0.1) is 5.56 Å². The maximum Gasteiger partial charge on any atom is 0.253 e. The first-order valence-corrected chi connectivity index (χ1v) is 9.87. The zero-order chi connectivity index (χ0) is 18.6. The fourth-order valence-corrected chi connectivity index (χ4v) is 3.83. The van der Waals surface area contributed by atoms with Gasteiger partial charge in [0.2, 0.25) is 5.16 Å². The van der Waals surface area contributed by atoms with Gasteiger partial charge in [0.15, 0.2) is 5.82 Å². The van der Waals surface area contributed by atoms with E-state index in [2.05, 4.69) is 15.2 Å². The van der Waals surface area contributed by atoms with Crippen LogP contribution in [-0.2, 0) is 5.75 Å². The minimum Gasteiger partial charge on any atom is -0.339 e. The molecule has 1 aliphatic rings. The number of hydrogen-bond acceptors (Lipinski definition) is 4. The molecule has 0 bridgehead atoms. The second-order valence-electron chi connectivity index (χ2n) is 6.43. The van der Waals surface area contributed by atoms with Crippen LogP contribution in [0.15, 0.2) is 53.7 Å². The molecule has 27 heavy (non-hydrogen) atoms. The van der Waals surface area contributed by atoms with Crippen molar-refractivity contribution in [3.05, 3.63) is 65.5 Å². The van der Waals surface area contributed by atoms with Crippen LogP contribution in [-0.4, -0.2) is 39.1 Å². The molecule has 2 heterocycles. The predicted molar refractivity (Wildman–Crippen MR) is 103 cm³/mol. The van der Waals surface area contributed by atoms with E-state index in [1.807, 2.05) is 29.2 Å². The summed E-state index contributed by atoms with van der Waals surface area (Å²) in [6, 6.07) is 14.1. The van der Waals surface area contributed by atoms with E-state index in [1.165, 1.54) is 17.8 Å². The van der Waals surface area contributed by atoms with Crippen LogP contribution in [0, 0.1) is 5.82 Å². The van der Waals surface area contributed by atoms with Crippen LogP contribution in [0.3, 0.4) is 0 Å². The summed E-state index contributed by atoms with van der Waals surface area (Å²) in [7, 11) is 0. The summed E-state index contributed by atoms with van der Waals surface area (Å²) in [4.78, 5) is 18.6. The standard InChI is InChI=1S/C20H19FN4OS/c21-17-6-2-1-5-16(17)18-22-20(24-23-18)27-13-14-7-9-15(10-8-14)19(26)25-11-3-4-12-25/h1-2,5-10H,3-4,11-13H2,(H,22,23,24). The van der Waals surface area contributed by atoms with Crippen molar-refractivity contribution in [2.24, 2.45) is 0 Å². The Labute approximate surface area is 161 Å². The van der Waals surface area contributed by atoms with Crippen LogP contribution in [0.4, 0.5) is 4.39 Å². The molecule has 0 atom stereocenters. The number of halogens is 1. The number of amides is 1. The molecule has 7 heteroatoms. The SMILES string of the molecule is O=C(c1ccc(CSc2n[nH]c(-c3ccccc3F)n2)cc1)N1CCCC1. The number of H-pyrrole nitrogens is 1. The lowest BCUT2D eigenvalue weighted by Gasteiger charge is -2.15. The number of nitrogens with one attached hydrogen (secondary N) is 1. The van der Waals surface area contributed by atoms with Crippen molar-refractivity contribution in [3.63, 3.8) is 0 Å². The van der Waals surface area contributed by atoms with Gasteiger partial charge in [-0.3, -0.25) is 9.89 Å². The van der Waals surface area contributed by atoms with Gasteiger partial charge in [-0.2, -0.15) is 0 Å². The summed E-state index contributed by atoms with van der Waals surface area (Å²) in [5, 5.41) is 7.49. The predicted octanol–water partition coefficient (Wildman–Crippen LogP) is 4.14. The monoisotopic (exact) mass is 382 g/mol. The van der Waals surface area contributed by atoms with Crippen molar-refractivity contribution in [2.75, 3.05) is 13.1 Å². The third-order valence-electron chi connectivity index (χ3n) is 4.56. The summed E-state index contributed by atoms with van der Waals surface area (Å²) in [6.07, 6.45) is 2.18. The molecule has 1 fully saturated rings. The van der Waals surface area contributed by atoms with Gasteiger partial charge in [-0.05, 0) is 42.7 Å². The summed E-state index contributed by atoms with van der Waals surface area (Å²) in [6.45, 7) is 1.71. The van der Waals surface area contributed by atoms with Gasteiger partial charge in [-0.25, -0.2) is 9.37 Å². The van der Waals surface area contributed by atoms with E-state index in [9.17, 15) is 9.18 Å². The van der Waals surface area contributed by atoms with E-state index in [4.69, 9.17) is 0 Å². The third kappa shape index (κ3) is 4.03. The van der Waals surface area contributed by atoms with E-state index < -0.39 is 0 Å². The van der Waals surface area contributed by atoms with E-state index in [0.29, 0.717) is 22.3 Å².